The van der Waals surface area contributed by atoms with Gasteiger partial charge < -0.3 is 20.1 Å². The molecule has 0 aliphatic rings. The van der Waals surface area contributed by atoms with Crippen LogP contribution in [0.5, 0.6) is 11.5 Å². The number of hydrogen-bond donors (Lipinski definition) is 2. The number of thiophene rings is 1. The van der Waals surface area contributed by atoms with Crippen LogP contribution in [-0.2, 0) is 13.1 Å². The van der Waals surface area contributed by atoms with Crippen molar-refractivity contribution < 1.29 is 18.3 Å². The number of nitrogens with zero attached hydrogens (tertiary/aromatic N) is 1. The Bertz CT molecular complexity index is 731. The summed E-state index contributed by atoms with van der Waals surface area (Å²) in [5.41, 5.74) is 0.543. The molecule has 0 aliphatic heterocycles. The lowest BCUT2D eigenvalue weighted by Crippen LogP contribution is -2.36. The zero-order valence-electron chi connectivity index (χ0n) is 14.1. The zero-order valence-corrected chi connectivity index (χ0v) is 18.8. The minimum atomic E-state index is -2.89. The van der Waals surface area contributed by atoms with E-state index in [1.165, 1.54) is 13.2 Å². The van der Waals surface area contributed by atoms with E-state index in [9.17, 15) is 8.78 Å². The maximum atomic E-state index is 12.5. The lowest BCUT2D eigenvalue weighted by molar-refractivity contribution is -0.0504. The number of halogens is 4. The van der Waals surface area contributed by atoms with Gasteiger partial charge in [0.05, 0.1) is 17.4 Å². The summed E-state index contributed by atoms with van der Waals surface area (Å²) >= 11 is 5.04. The summed E-state index contributed by atoms with van der Waals surface area (Å²) in [6, 6.07) is 8.66. The van der Waals surface area contributed by atoms with E-state index in [0.717, 1.165) is 8.66 Å². The number of aliphatic imine (C=N–C) groups is 1. The smallest absolute Gasteiger partial charge is 0.387 e. The Morgan fingerprint density at radius 3 is 2.54 bits per heavy atom. The second-order valence-electron chi connectivity index (χ2n) is 4.84. The molecule has 5 nitrogen and oxygen atoms in total. The van der Waals surface area contributed by atoms with Gasteiger partial charge in [-0.25, -0.2) is 0 Å². The highest BCUT2D eigenvalue weighted by molar-refractivity contribution is 14.0. The fraction of sp³-hybridized carbons (Fsp3) is 0.312. The number of rotatable bonds is 7. The molecule has 0 spiro atoms. The summed E-state index contributed by atoms with van der Waals surface area (Å²) in [7, 11) is 3.15. The topological polar surface area (TPSA) is 54.9 Å². The van der Waals surface area contributed by atoms with E-state index >= 15 is 0 Å². The minimum absolute atomic E-state index is 0. The molecule has 2 N–H and O–H groups in total. The second-order valence-corrected chi connectivity index (χ2v) is 7.38. The third kappa shape index (κ3) is 7.23. The molecule has 1 aromatic heterocycles. The van der Waals surface area contributed by atoms with Crippen LogP contribution in [0.15, 0.2) is 39.1 Å². The summed E-state index contributed by atoms with van der Waals surface area (Å²) in [5, 5.41) is 6.25. The molecule has 10 heteroatoms. The first-order valence-corrected chi connectivity index (χ1v) is 8.93. The molecule has 1 aromatic carbocycles. The van der Waals surface area contributed by atoms with Crippen LogP contribution in [0.25, 0.3) is 0 Å². The summed E-state index contributed by atoms with van der Waals surface area (Å²) in [4.78, 5) is 5.26. The largest absolute Gasteiger partial charge is 0.497 e. The van der Waals surface area contributed by atoms with Crippen LogP contribution in [0.4, 0.5) is 8.78 Å². The van der Waals surface area contributed by atoms with Crippen LogP contribution in [0, 0.1) is 0 Å². The quantitative estimate of drug-likeness (QED) is 0.295. The summed E-state index contributed by atoms with van der Waals surface area (Å²) in [6.07, 6.45) is 0. The van der Waals surface area contributed by atoms with Crippen molar-refractivity contribution in [1.29, 1.82) is 0 Å². The molecule has 1 heterocycles. The van der Waals surface area contributed by atoms with Crippen LogP contribution in [0.1, 0.15) is 10.4 Å². The van der Waals surface area contributed by atoms with Gasteiger partial charge in [-0.1, -0.05) is 0 Å². The molecule has 0 saturated heterocycles. The van der Waals surface area contributed by atoms with E-state index in [1.807, 2.05) is 12.1 Å². The maximum Gasteiger partial charge on any atom is 0.387 e. The van der Waals surface area contributed by atoms with Gasteiger partial charge in [-0.3, -0.25) is 4.99 Å². The Labute approximate surface area is 180 Å². The van der Waals surface area contributed by atoms with Crippen LogP contribution >= 0.6 is 51.2 Å². The van der Waals surface area contributed by atoms with E-state index in [0.29, 0.717) is 23.8 Å². The highest BCUT2D eigenvalue weighted by Crippen LogP contribution is 2.25. The summed E-state index contributed by atoms with van der Waals surface area (Å²) in [6.45, 7) is -2.02. The van der Waals surface area contributed by atoms with Gasteiger partial charge in [0.15, 0.2) is 5.96 Å². The fourth-order valence-corrected chi connectivity index (χ4v) is 3.47. The normalized spacial score (nSPS) is 11.1. The first kappa shape index (κ1) is 22.9. The molecular formula is C16H19BrF2IN3O2S. The lowest BCUT2D eigenvalue weighted by Gasteiger charge is -2.15. The van der Waals surface area contributed by atoms with Crippen molar-refractivity contribution in [3.8, 4) is 11.5 Å². The second kappa shape index (κ2) is 11.5. The Hall–Kier alpha value is -1.14. The van der Waals surface area contributed by atoms with Crippen LogP contribution in [0.3, 0.4) is 0 Å². The van der Waals surface area contributed by atoms with Crippen molar-refractivity contribution in [1.82, 2.24) is 10.6 Å². The molecule has 0 radical (unpaired) electrons. The monoisotopic (exact) mass is 561 g/mol. The molecule has 26 heavy (non-hydrogen) atoms. The van der Waals surface area contributed by atoms with Crippen molar-refractivity contribution in [2.24, 2.45) is 4.99 Å². The molecule has 0 unspecified atom stereocenters. The van der Waals surface area contributed by atoms with E-state index in [2.05, 4.69) is 36.3 Å². The van der Waals surface area contributed by atoms with Gasteiger partial charge in [0.25, 0.3) is 0 Å². The molecule has 2 aromatic rings. The molecule has 0 amide bonds. The number of hydrogen-bond acceptors (Lipinski definition) is 4. The standard InChI is InChI=1S/C16H18BrF2N3O2S.HI/c1-20-16(22-9-12-4-6-14(17)25-12)21-8-10-7-11(23-2)3-5-13(10)24-15(18)19;/h3-7,15H,8-9H2,1-2H3,(H2,20,21,22);1H. The van der Waals surface area contributed by atoms with Crippen LogP contribution in [0.2, 0.25) is 0 Å². The number of guanidine groups is 1. The van der Waals surface area contributed by atoms with E-state index in [1.54, 1.807) is 30.5 Å². The third-order valence-corrected chi connectivity index (χ3v) is 4.84. The number of nitrogens with one attached hydrogen (secondary N) is 2. The van der Waals surface area contributed by atoms with Gasteiger partial charge in [-0.05, 0) is 46.3 Å². The molecule has 144 valence electrons. The van der Waals surface area contributed by atoms with Gasteiger partial charge in [0.1, 0.15) is 11.5 Å². The number of benzene rings is 1. The molecule has 0 aliphatic carbocycles. The van der Waals surface area contributed by atoms with Crippen molar-refractivity contribution in [3.63, 3.8) is 0 Å². The van der Waals surface area contributed by atoms with Crippen molar-refractivity contribution in [2.75, 3.05) is 14.2 Å². The number of methoxy groups -OCH3 is 1. The molecule has 0 saturated carbocycles. The SMILES string of the molecule is CN=C(NCc1ccc(Br)s1)NCc1cc(OC)ccc1OC(F)F.I. The highest BCUT2D eigenvalue weighted by atomic mass is 127. The van der Waals surface area contributed by atoms with Crippen molar-refractivity contribution in [3.05, 3.63) is 44.6 Å². The van der Waals surface area contributed by atoms with Gasteiger partial charge >= 0.3 is 6.61 Å². The predicted molar refractivity (Wildman–Crippen MR) is 114 cm³/mol. The molecular weight excluding hydrogens is 543 g/mol. The van der Waals surface area contributed by atoms with Gasteiger partial charge in [0, 0.05) is 24.0 Å². The number of alkyl halides is 2. The molecule has 0 atom stereocenters. The Kier molecular flexibility index (Phi) is 10.2. The lowest BCUT2D eigenvalue weighted by atomic mass is 10.2. The minimum Gasteiger partial charge on any atom is -0.497 e. The van der Waals surface area contributed by atoms with Crippen LogP contribution < -0.4 is 20.1 Å². The summed E-state index contributed by atoms with van der Waals surface area (Å²) in [5.74, 6) is 1.21. The Morgan fingerprint density at radius 2 is 1.96 bits per heavy atom. The Balaban J connectivity index is 0.00000338. The summed E-state index contributed by atoms with van der Waals surface area (Å²) < 4.78 is 35.8. The van der Waals surface area contributed by atoms with Crippen molar-refractivity contribution in [2.45, 2.75) is 19.7 Å². The van der Waals surface area contributed by atoms with Gasteiger partial charge in [0.2, 0.25) is 0 Å². The zero-order chi connectivity index (χ0) is 18.2. The van der Waals surface area contributed by atoms with E-state index < -0.39 is 6.61 Å². The van der Waals surface area contributed by atoms with E-state index in [4.69, 9.17) is 4.74 Å². The first-order valence-electron chi connectivity index (χ1n) is 7.32. The third-order valence-electron chi connectivity index (χ3n) is 3.21. The first-order chi connectivity index (χ1) is 12.0. The predicted octanol–water partition coefficient (Wildman–Crippen LogP) is 4.60. The molecule has 0 fully saturated rings. The van der Waals surface area contributed by atoms with E-state index in [-0.39, 0.29) is 36.3 Å². The number of ether oxygens (including phenoxy) is 2. The molecule has 2 rings (SSSR count). The fourth-order valence-electron chi connectivity index (χ4n) is 2.05. The average Bonchev–Trinajstić information content (AvgIpc) is 3.01. The van der Waals surface area contributed by atoms with Crippen molar-refractivity contribution >= 4 is 57.2 Å². The van der Waals surface area contributed by atoms with Crippen LogP contribution in [-0.4, -0.2) is 26.7 Å². The van der Waals surface area contributed by atoms with Gasteiger partial charge in [-0.2, -0.15) is 8.78 Å². The van der Waals surface area contributed by atoms with Gasteiger partial charge in [-0.15, -0.1) is 35.3 Å². The Morgan fingerprint density at radius 1 is 1.23 bits per heavy atom. The average molecular weight is 562 g/mol. The molecule has 0 bridgehead atoms. The maximum absolute atomic E-state index is 12.5. The highest BCUT2D eigenvalue weighted by Gasteiger charge is 2.11.